The predicted octanol–water partition coefficient (Wildman–Crippen LogP) is 2.92. The van der Waals surface area contributed by atoms with Gasteiger partial charge in [-0.1, -0.05) is 13.8 Å². The van der Waals surface area contributed by atoms with Crippen molar-refractivity contribution in [1.82, 2.24) is 25.4 Å². The second-order valence-corrected chi connectivity index (χ2v) is 6.58. The SMILES string of the molecule is CC(C)c1c(C(=O)NC2CCNC2)cnn1-c1ccc(C(F)(F)F)cn1.Cl. The molecule has 27 heavy (non-hydrogen) atoms. The zero-order chi connectivity index (χ0) is 18.9. The molecule has 2 N–H and O–H groups in total. The van der Waals surface area contributed by atoms with E-state index >= 15 is 0 Å². The summed E-state index contributed by atoms with van der Waals surface area (Å²) in [5.74, 6) is -0.0621. The van der Waals surface area contributed by atoms with Gasteiger partial charge in [-0.05, 0) is 31.0 Å². The van der Waals surface area contributed by atoms with Crippen molar-refractivity contribution in [3.8, 4) is 5.82 Å². The zero-order valence-electron chi connectivity index (χ0n) is 14.9. The summed E-state index contributed by atoms with van der Waals surface area (Å²) in [5.41, 5.74) is 0.195. The third kappa shape index (κ3) is 4.59. The molecule has 3 heterocycles. The van der Waals surface area contributed by atoms with Crippen LogP contribution in [0.5, 0.6) is 0 Å². The highest BCUT2D eigenvalue weighted by molar-refractivity contribution is 5.95. The Hall–Kier alpha value is -2.13. The summed E-state index contributed by atoms with van der Waals surface area (Å²) in [6, 6.07) is 2.28. The van der Waals surface area contributed by atoms with Crippen molar-refractivity contribution in [2.45, 2.75) is 38.4 Å². The Bertz CT molecular complexity index is 783. The molecule has 1 amide bonds. The van der Waals surface area contributed by atoms with Crippen molar-refractivity contribution >= 4 is 18.3 Å². The van der Waals surface area contributed by atoms with Gasteiger partial charge in [-0.15, -0.1) is 12.4 Å². The topological polar surface area (TPSA) is 71.8 Å². The minimum atomic E-state index is -4.45. The highest BCUT2D eigenvalue weighted by atomic mass is 35.5. The second kappa shape index (κ2) is 8.26. The molecule has 0 radical (unpaired) electrons. The van der Waals surface area contributed by atoms with E-state index in [1.807, 2.05) is 13.8 Å². The molecule has 2 aromatic heterocycles. The van der Waals surface area contributed by atoms with Crippen molar-refractivity contribution in [3.63, 3.8) is 0 Å². The smallest absolute Gasteiger partial charge is 0.348 e. The maximum atomic E-state index is 12.7. The number of carbonyl (C=O) groups excluding carboxylic acids is 1. The average molecular weight is 404 g/mol. The number of carbonyl (C=O) groups is 1. The van der Waals surface area contributed by atoms with Gasteiger partial charge in [0, 0.05) is 18.8 Å². The molecule has 1 saturated heterocycles. The number of pyridine rings is 1. The average Bonchev–Trinajstić information content (AvgIpc) is 3.23. The fraction of sp³-hybridized carbons (Fsp3) is 0.471. The van der Waals surface area contributed by atoms with Crippen LogP contribution in [0.2, 0.25) is 0 Å². The lowest BCUT2D eigenvalue weighted by atomic mass is 10.0. The summed E-state index contributed by atoms with van der Waals surface area (Å²) in [4.78, 5) is 16.5. The number of nitrogens with one attached hydrogen (secondary N) is 2. The van der Waals surface area contributed by atoms with Crippen molar-refractivity contribution in [2.24, 2.45) is 0 Å². The van der Waals surface area contributed by atoms with Gasteiger partial charge in [0.2, 0.25) is 0 Å². The highest BCUT2D eigenvalue weighted by Gasteiger charge is 2.31. The van der Waals surface area contributed by atoms with Crippen LogP contribution in [-0.2, 0) is 6.18 Å². The number of aromatic nitrogens is 3. The van der Waals surface area contributed by atoms with Gasteiger partial charge in [0.15, 0.2) is 5.82 Å². The van der Waals surface area contributed by atoms with E-state index in [0.717, 1.165) is 31.8 Å². The lowest BCUT2D eigenvalue weighted by Gasteiger charge is -2.15. The lowest BCUT2D eigenvalue weighted by molar-refractivity contribution is -0.137. The maximum absolute atomic E-state index is 12.7. The number of rotatable bonds is 4. The first-order valence-corrected chi connectivity index (χ1v) is 8.40. The van der Waals surface area contributed by atoms with Gasteiger partial charge in [0.25, 0.3) is 5.91 Å². The quantitative estimate of drug-likeness (QED) is 0.823. The molecule has 6 nitrogen and oxygen atoms in total. The van der Waals surface area contributed by atoms with Crippen LogP contribution >= 0.6 is 12.4 Å². The summed E-state index contributed by atoms with van der Waals surface area (Å²) >= 11 is 0. The van der Waals surface area contributed by atoms with Crippen molar-refractivity contribution in [1.29, 1.82) is 0 Å². The maximum Gasteiger partial charge on any atom is 0.417 e. The van der Waals surface area contributed by atoms with Gasteiger partial charge in [0.1, 0.15) is 0 Å². The molecule has 1 aliphatic heterocycles. The van der Waals surface area contributed by atoms with Crippen LogP contribution in [0.4, 0.5) is 13.2 Å². The summed E-state index contributed by atoms with van der Waals surface area (Å²) in [7, 11) is 0. The van der Waals surface area contributed by atoms with Crippen molar-refractivity contribution < 1.29 is 18.0 Å². The van der Waals surface area contributed by atoms with E-state index in [2.05, 4.69) is 20.7 Å². The minimum Gasteiger partial charge on any atom is -0.348 e. The fourth-order valence-electron chi connectivity index (χ4n) is 2.99. The van der Waals surface area contributed by atoms with Crippen LogP contribution in [0.1, 0.15) is 47.8 Å². The Morgan fingerprint density at radius 2 is 2.07 bits per heavy atom. The molecule has 0 aliphatic carbocycles. The van der Waals surface area contributed by atoms with Crippen LogP contribution in [0.25, 0.3) is 5.82 Å². The van der Waals surface area contributed by atoms with Gasteiger partial charge in [-0.25, -0.2) is 9.67 Å². The Kier molecular flexibility index (Phi) is 6.48. The van der Waals surface area contributed by atoms with Crippen molar-refractivity contribution in [2.75, 3.05) is 13.1 Å². The molecule has 3 rings (SSSR count). The van der Waals surface area contributed by atoms with Crippen LogP contribution in [-0.4, -0.2) is 39.8 Å². The number of hydrogen-bond donors (Lipinski definition) is 2. The molecule has 0 saturated carbocycles. The Labute approximate surface area is 161 Å². The highest BCUT2D eigenvalue weighted by Crippen LogP contribution is 2.29. The number of alkyl halides is 3. The largest absolute Gasteiger partial charge is 0.417 e. The van der Waals surface area contributed by atoms with Crippen molar-refractivity contribution in [3.05, 3.63) is 41.3 Å². The van der Waals surface area contributed by atoms with Crippen LogP contribution in [0, 0.1) is 0 Å². The molecule has 0 bridgehead atoms. The van der Waals surface area contributed by atoms with Gasteiger partial charge >= 0.3 is 6.18 Å². The minimum absolute atomic E-state index is 0. The van der Waals surface area contributed by atoms with Gasteiger partial charge in [-0.3, -0.25) is 4.79 Å². The standard InChI is InChI=1S/C17H20F3N5O.ClH/c1-10(2)15-13(16(26)24-12-5-6-21-8-12)9-23-25(15)14-4-3-11(7-22-14)17(18,19)20;/h3-4,7,9-10,12,21H,5-6,8H2,1-2H3,(H,24,26);1H. The van der Waals surface area contributed by atoms with E-state index in [0.29, 0.717) is 11.3 Å². The van der Waals surface area contributed by atoms with E-state index in [1.165, 1.54) is 16.9 Å². The Morgan fingerprint density at radius 3 is 2.59 bits per heavy atom. The van der Waals surface area contributed by atoms with E-state index in [-0.39, 0.29) is 36.1 Å². The van der Waals surface area contributed by atoms with Crippen LogP contribution < -0.4 is 10.6 Å². The zero-order valence-corrected chi connectivity index (χ0v) is 15.7. The fourth-order valence-corrected chi connectivity index (χ4v) is 2.99. The monoisotopic (exact) mass is 403 g/mol. The van der Waals surface area contributed by atoms with E-state index in [1.54, 1.807) is 0 Å². The lowest BCUT2D eigenvalue weighted by Crippen LogP contribution is -2.36. The first-order chi connectivity index (χ1) is 12.3. The molecule has 0 spiro atoms. The van der Waals surface area contributed by atoms with E-state index in [4.69, 9.17) is 0 Å². The number of hydrogen-bond acceptors (Lipinski definition) is 4. The summed E-state index contributed by atoms with van der Waals surface area (Å²) in [6.45, 7) is 5.37. The molecule has 1 unspecified atom stereocenters. The Morgan fingerprint density at radius 1 is 1.33 bits per heavy atom. The molecule has 148 valence electrons. The number of nitrogens with zero attached hydrogens (tertiary/aromatic N) is 3. The molecule has 2 aromatic rings. The number of halogens is 4. The van der Waals surface area contributed by atoms with Gasteiger partial charge < -0.3 is 10.6 Å². The normalized spacial score (nSPS) is 17.0. The van der Waals surface area contributed by atoms with E-state index in [9.17, 15) is 18.0 Å². The second-order valence-electron chi connectivity index (χ2n) is 6.58. The molecule has 1 atom stereocenters. The summed E-state index contributed by atoms with van der Waals surface area (Å²) < 4.78 is 39.6. The summed E-state index contributed by atoms with van der Waals surface area (Å²) in [6.07, 6.45) is -1.38. The third-order valence-corrected chi connectivity index (χ3v) is 4.29. The number of amides is 1. The molecule has 1 fully saturated rings. The molecular formula is C17H21ClF3N5O. The Balaban J connectivity index is 0.00000261. The van der Waals surface area contributed by atoms with Gasteiger partial charge in [0.05, 0.1) is 23.0 Å². The van der Waals surface area contributed by atoms with E-state index < -0.39 is 11.7 Å². The molecule has 1 aliphatic rings. The van der Waals surface area contributed by atoms with Crippen LogP contribution in [0.3, 0.4) is 0 Å². The predicted molar refractivity (Wildman–Crippen MR) is 96.4 cm³/mol. The van der Waals surface area contributed by atoms with Gasteiger partial charge in [-0.2, -0.15) is 18.3 Å². The molecule has 0 aromatic carbocycles. The molecule has 10 heteroatoms. The third-order valence-electron chi connectivity index (χ3n) is 4.29. The summed E-state index contributed by atoms with van der Waals surface area (Å²) in [5, 5.41) is 10.3. The van der Waals surface area contributed by atoms with Crippen LogP contribution in [0.15, 0.2) is 24.5 Å². The first kappa shape index (κ1) is 21.2. The first-order valence-electron chi connectivity index (χ1n) is 8.40. The molecular weight excluding hydrogens is 383 g/mol.